The van der Waals surface area contributed by atoms with E-state index in [9.17, 15) is 5.11 Å². The lowest BCUT2D eigenvalue weighted by Gasteiger charge is -2.34. The van der Waals surface area contributed by atoms with Gasteiger partial charge in [-0.15, -0.1) is 0 Å². The van der Waals surface area contributed by atoms with Crippen LogP contribution in [0.15, 0.2) is 12.3 Å². The summed E-state index contributed by atoms with van der Waals surface area (Å²) in [5.74, 6) is 1.15. The summed E-state index contributed by atoms with van der Waals surface area (Å²) >= 11 is 6.18. The average Bonchev–Trinajstić information content (AvgIpc) is 2.38. The predicted octanol–water partition coefficient (Wildman–Crippen LogP) is 1.82. The molecule has 1 saturated heterocycles. The van der Waals surface area contributed by atoms with Crippen LogP contribution in [0.4, 0.5) is 5.82 Å². The van der Waals surface area contributed by atoms with Crippen molar-refractivity contribution in [3.05, 3.63) is 22.8 Å². The molecule has 0 radical (unpaired) electrons. The molecule has 4 nitrogen and oxygen atoms in total. The monoisotopic (exact) mass is 270 g/mol. The number of rotatable bonds is 3. The van der Waals surface area contributed by atoms with Gasteiger partial charge in [-0.05, 0) is 37.3 Å². The number of piperidine rings is 1. The van der Waals surface area contributed by atoms with E-state index in [0.29, 0.717) is 10.9 Å². The van der Waals surface area contributed by atoms with E-state index in [1.54, 1.807) is 12.3 Å². The maximum absolute atomic E-state index is 9.57. The van der Waals surface area contributed by atoms with Crippen molar-refractivity contribution in [2.75, 3.05) is 18.0 Å². The molecule has 1 atom stereocenters. The minimum Gasteiger partial charge on any atom is -0.393 e. The predicted molar refractivity (Wildman–Crippen MR) is 71.8 cm³/mol. The van der Waals surface area contributed by atoms with Gasteiger partial charge in [0.1, 0.15) is 5.82 Å². The topological polar surface area (TPSA) is 56.6 Å². The quantitative estimate of drug-likeness (QED) is 0.880. The zero-order valence-corrected chi connectivity index (χ0v) is 11.3. The number of anilines is 1. The van der Waals surface area contributed by atoms with Crippen molar-refractivity contribution in [2.45, 2.75) is 32.5 Å². The molecule has 5 heteroatoms. The molecular weight excluding hydrogens is 252 g/mol. The van der Waals surface area contributed by atoms with Gasteiger partial charge in [-0.3, -0.25) is 0 Å². The fourth-order valence-corrected chi connectivity index (χ4v) is 2.69. The molecule has 1 fully saturated rings. The smallest absolute Gasteiger partial charge is 0.147 e. The van der Waals surface area contributed by atoms with Crippen molar-refractivity contribution in [3.8, 4) is 0 Å². The number of hydrogen-bond donors (Lipinski definition) is 2. The molecule has 100 valence electrons. The first-order chi connectivity index (χ1) is 8.61. The van der Waals surface area contributed by atoms with E-state index in [0.717, 1.165) is 37.3 Å². The number of pyridine rings is 1. The van der Waals surface area contributed by atoms with Gasteiger partial charge in [-0.25, -0.2) is 4.98 Å². The van der Waals surface area contributed by atoms with Crippen molar-refractivity contribution < 1.29 is 10.2 Å². The number of nitrogens with zero attached hydrogens (tertiary/aromatic N) is 2. The number of hydrogen-bond acceptors (Lipinski definition) is 4. The van der Waals surface area contributed by atoms with Gasteiger partial charge >= 0.3 is 0 Å². The molecule has 2 N–H and O–H groups in total. The third-order valence-corrected chi connectivity index (χ3v) is 3.86. The highest BCUT2D eigenvalue weighted by Gasteiger charge is 2.24. The summed E-state index contributed by atoms with van der Waals surface area (Å²) in [5.41, 5.74) is 0.725. The van der Waals surface area contributed by atoms with Gasteiger partial charge in [-0.1, -0.05) is 11.6 Å². The number of aliphatic hydroxyl groups is 2. The summed E-state index contributed by atoms with van der Waals surface area (Å²) in [6.07, 6.45) is 3.32. The molecule has 1 aliphatic heterocycles. The van der Waals surface area contributed by atoms with Gasteiger partial charge in [0.2, 0.25) is 0 Å². The van der Waals surface area contributed by atoms with Gasteiger partial charge in [0.15, 0.2) is 0 Å². The molecule has 2 rings (SSSR count). The van der Waals surface area contributed by atoms with E-state index < -0.39 is 0 Å². The molecule has 1 aliphatic rings. The summed E-state index contributed by atoms with van der Waals surface area (Å²) < 4.78 is 0. The van der Waals surface area contributed by atoms with Crippen molar-refractivity contribution in [3.63, 3.8) is 0 Å². The van der Waals surface area contributed by atoms with Gasteiger partial charge in [-0.2, -0.15) is 0 Å². The van der Waals surface area contributed by atoms with Crippen LogP contribution in [0.5, 0.6) is 0 Å². The zero-order chi connectivity index (χ0) is 13.1. The second-order valence-electron chi connectivity index (χ2n) is 4.87. The van der Waals surface area contributed by atoms with Crippen LogP contribution in [0.1, 0.15) is 25.3 Å². The first kappa shape index (κ1) is 13.6. The molecule has 0 aromatic carbocycles. The normalized spacial score (nSPS) is 19.0. The van der Waals surface area contributed by atoms with Crippen LogP contribution < -0.4 is 4.90 Å². The first-order valence-electron chi connectivity index (χ1n) is 6.30. The Bertz CT molecular complexity index is 404. The van der Waals surface area contributed by atoms with Crippen LogP contribution in [0.2, 0.25) is 5.02 Å². The van der Waals surface area contributed by atoms with Crippen LogP contribution in [0.3, 0.4) is 0 Å². The van der Waals surface area contributed by atoms with Gasteiger partial charge in [0, 0.05) is 19.3 Å². The molecule has 0 aliphatic carbocycles. The van der Waals surface area contributed by atoms with Crippen LogP contribution in [0, 0.1) is 5.92 Å². The van der Waals surface area contributed by atoms with E-state index in [4.69, 9.17) is 16.7 Å². The van der Waals surface area contributed by atoms with Crippen LogP contribution in [0.25, 0.3) is 0 Å². The molecule has 1 aromatic rings. The maximum atomic E-state index is 9.57. The Hall–Kier alpha value is -0.840. The van der Waals surface area contributed by atoms with Gasteiger partial charge < -0.3 is 15.1 Å². The SMILES string of the molecule is CC(O)C1CCN(c2ncc(CO)cc2Cl)CC1. The molecule has 0 bridgehead atoms. The highest BCUT2D eigenvalue weighted by atomic mass is 35.5. The van der Waals surface area contributed by atoms with E-state index in [1.807, 2.05) is 6.92 Å². The summed E-state index contributed by atoms with van der Waals surface area (Å²) in [7, 11) is 0. The molecular formula is C13H19ClN2O2. The molecule has 1 unspecified atom stereocenters. The summed E-state index contributed by atoms with van der Waals surface area (Å²) in [4.78, 5) is 6.46. The largest absolute Gasteiger partial charge is 0.393 e. The highest BCUT2D eigenvalue weighted by Crippen LogP contribution is 2.29. The lowest BCUT2D eigenvalue weighted by molar-refractivity contribution is 0.110. The van der Waals surface area contributed by atoms with E-state index in [1.165, 1.54) is 0 Å². The third-order valence-electron chi connectivity index (χ3n) is 3.58. The van der Waals surface area contributed by atoms with Gasteiger partial charge in [0.25, 0.3) is 0 Å². The number of aromatic nitrogens is 1. The van der Waals surface area contributed by atoms with Gasteiger partial charge in [0.05, 0.1) is 17.7 Å². The maximum Gasteiger partial charge on any atom is 0.147 e. The highest BCUT2D eigenvalue weighted by molar-refractivity contribution is 6.33. The lowest BCUT2D eigenvalue weighted by Crippen LogP contribution is -2.37. The summed E-state index contributed by atoms with van der Waals surface area (Å²) in [6.45, 7) is 3.53. The van der Waals surface area contributed by atoms with Crippen molar-refractivity contribution in [1.29, 1.82) is 0 Å². The standard InChI is InChI=1S/C13H19ClN2O2/c1-9(18)11-2-4-16(5-3-11)13-12(14)6-10(8-17)7-15-13/h6-7,9,11,17-18H,2-5,8H2,1H3. The summed E-state index contributed by atoms with van der Waals surface area (Å²) in [5, 5.41) is 19.2. The molecule has 2 heterocycles. The lowest BCUT2D eigenvalue weighted by atomic mass is 9.92. The number of aliphatic hydroxyl groups excluding tert-OH is 2. The molecule has 0 saturated carbocycles. The molecule has 0 amide bonds. The van der Waals surface area contributed by atoms with Crippen LogP contribution >= 0.6 is 11.6 Å². The van der Waals surface area contributed by atoms with Crippen molar-refractivity contribution in [2.24, 2.45) is 5.92 Å². The Morgan fingerprint density at radius 1 is 1.50 bits per heavy atom. The first-order valence-corrected chi connectivity index (χ1v) is 6.68. The minimum atomic E-state index is -0.243. The number of halogens is 1. The Kier molecular flexibility index (Phi) is 4.43. The van der Waals surface area contributed by atoms with E-state index >= 15 is 0 Å². The zero-order valence-electron chi connectivity index (χ0n) is 10.5. The Morgan fingerprint density at radius 3 is 2.67 bits per heavy atom. The van der Waals surface area contributed by atoms with E-state index in [2.05, 4.69) is 9.88 Å². The van der Waals surface area contributed by atoms with Crippen molar-refractivity contribution in [1.82, 2.24) is 4.98 Å². The van der Waals surface area contributed by atoms with Crippen LogP contribution in [-0.2, 0) is 6.61 Å². The summed E-state index contributed by atoms with van der Waals surface area (Å²) in [6, 6.07) is 1.75. The Morgan fingerprint density at radius 2 is 2.17 bits per heavy atom. The molecule has 18 heavy (non-hydrogen) atoms. The van der Waals surface area contributed by atoms with Crippen LogP contribution in [-0.4, -0.2) is 34.4 Å². The molecule has 1 aromatic heterocycles. The van der Waals surface area contributed by atoms with E-state index in [-0.39, 0.29) is 12.7 Å². The fraction of sp³-hybridized carbons (Fsp3) is 0.615. The second kappa shape index (κ2) is 5.87. The second-order valence-corrected chi connectivity index (χ2v) is 5.28. The fourth-order valence-electron chi connectivity index (χ4n) is 2.38. The Balaban J connectivity index is 2.05. The minimum absolute atomic E-state index is 0.0445. The average molecular weight is 271 g/mol. The Labute approximate surface area is 112 Å². The molecule has 0 spiro atoms. The van der Waals surface area contributed by atoms with Crippen molar-refractivity contribution >= 4 is 17.4 Å². The third kappa shape index (κ3) is 2.94.